The van der Waals surface area contributed by atoms with Crippen molar-refractivity contribution in [1.29, 1.82) is 0 Å². The number of rotatable bonds is 4. The van der Waals surface area contributed by atoms with E-state index in [2.05, 4.69) is 47.2 Å². The average Bonchev–Trinajstić information content (AvgIpc) is 2.40. The fourth-order valence-electron chi connectivity index (χ4n) is 1.77. The minimum absolute atomic E-state index is 0.0886. The summed E-state index contributed by atoms with van der Waals surface area (Å²) in [5, 5.41) is 3.16. The van der Waals surface area contributed by atoms with Crippen molar-refractivity contribution in [3.05, 3.63) is 63.6 Å². The van der Waals surface area contributed by atoms with E-state index in [4.69, 9.17) is 0 Å². The Morgan fingerprint density at radius 1 is 1.05 bits per heavy atom. The molecule has 0 aliphatic carbocycles. The monoisotopic (exact) mass is 317 g/mol. The molecule has 0 aliphatic heterocycles. The van der Waals surface area contributed by atoms with Gasteiger partial charge >= 0.3 is 0 Å². The highest BCUT2D eigenvalue weighted by Crippen LogP contribution is 2.15. The highest BCUT2D eigenvalue weighted by molar-refractivity contribution is 9.10. The van der Waals surface area contributed by atoms with Gasteiger partial charge in [-0.25, -0.2) is 0 Å². The van der Waals surface area contributed by atoms with Crippen LogP contribution in [0.3, 0.4) is 0 Å². The van der Waals surface area contributed by atoms with Gasteiger partial charge in [-0.15, -0.1) is 0 Å². The molecule has 0 amide bonds. The van der Waals surface area contributed by atoms with Gasteiger partial charge in [0.2, 0.25) is 0 Å². The predicted octanol–water partition coefficient (Wildman–Crippen LogP) is 4.36. The van der Waals surface area contributed by atoms with Crippen LogP contribution < -0.4 is 5.32 Å². The maximum Gasteiger partial charge on any atom is 0.181 e. The van der Waals surface area contributed by atoms with Gasteiger partial charge in [0.15, 0.2) is 5.78 Å². The lowest BCUT2D eigenvalue weighted by Gasteiger charge is -2.08. The summed E-state index contributed by atoms with van der Waals surface area (Å²) in [6, 6.07) is 13.5. The smallest absolute Gasteiger partial charge is 0.181 e. The molecule has 0 aliphatic rings. The molecule has 98 valence electrons. The molecule has 2 aromatic rings. The van der Waals surface area contributed by atoms with E-state index in [1.807, 2.05) is 30.3 Å². The van der Waals surface area contributed by atoms with E-state index in [1.165, 1.54) is 11.1 Å². The molecule has 0 spiro atoms. The van der Waals surface area contributed by atoms with Gasteiger partial charge in [0.05, 0.1) is 6.54 Å². The minimum Gasteiger partial charge on any atom is -0.378 e. The van der Waals surface area contributed by atoms with Crippen molar-refractivity contribution in [3.8, 4) is 0 Å². The molecule has 19 heavy (non-hydrogen) atoms. The van der Waals surface area contributed by atoms with Gasteiger partial charge in [0, 0.05) is 15.7 Å². The summed E-state index contributed by atoms with van der Waals surface area (Å²) in [6.45, 7) is 4.45. The number of halogens is 1. The lowest BCUT2D eigenvalue weighted by molar-refractivity contribution is 0.101. The number of hydrogen-bond donors (Lipinski definition) is 1. The molecule has 2 nitrogen and oxygen atoms in total. The third-order valence-electron chi connectivity index (χ3n) is 3.13. The van der Waals surface area contributed by atoms with Gasteiger partial charge in [-0.3, -0.25) is 4.79 Å². The Bertz CT molecular complexity index is 590. The molecule has 1 N–H and O–H groups in total. The van der Waals surface area contributed by atoms with Crippen molar-refractivity contribution < 1.29 is 4.79 Å². The predicted molar refractivity (Wildman–Crippen MR) is 82.9 cm³/mol. The van der Waals surface area contributed by atoms with Crippen LogP contribution >= 0.6 is 15.9 Å². The van der Waals surface area contributed by atoms with Crippen LogP contribution in [0.15, 0.2) is 46.9 Å². The lowest BCUT2D eigenvalue weighted by Crippen LogP contribution is -2.14. The summed E-state index contributed by atoms with van der Waals surface area (Å²) in [5.41, 5.74) is 4.18. The fraction of sp³-hybridized carbons (Fsp3) is 0.188. The van der Waals surface area contributed by atoms with Crippen molar-refractivity contribution in [3.63, 3.8) is 0 Å². The van der Waals surface area contributed by atoms with Crippen LogP contribution in [0, 0.1) is 13.8 Å². The normalized spacial score (nSPS) is 10.3. The molecule has 0 radical (unpaired) electrons. The van der Waals surface area contributed by atoms with E-state index in [1.54, 1.807) is 0 Å². The molecule has 0 aromatic heterocycles. The SMILES string of the molecule is Cc1ccc(NCC(=O)c2ccc(Br)cc2)cc1C. The van der Waals surface area contributed by atoms with Gasteiger partial charge < -0.3 is 5.32 Å². The molecule has 0 atom stereocenters. The third kappa shape index (κ3) is 3.67. The van der Waals surface area contributed by atoms with Crippen LogP contribution in [-0.2, 0) is 0 Å². The Labute approximate surface area is 122 Å². The standard InChI is InChI=1S/C16H16BrNO/c1-11-3-8-15(9-12(11)2)18-10-16(19)13-4-6-14(17)7-5-13/h3-9,18H,10H2,1-2H3. The Balaban J connectivity index is 2.00. The summed E-state index contributed by atoms with van der Waals surface area (Å²) in [4.78, 5) is 12.0. The number of aryl methyl sites for hydroxylation is 2. The molecule has 0 heterocycles. The molecule has 0 saturated carbocycles. The maximum absolute atomic E-state index is 12.0. The van der Waals surface area contributed by atoms with Crippen LogP contribution in [-0.4, -0.2) is 12.3 Å². The summed E-state index contributed by atoms with van der Waals surface area (Å²) < 4.78 is 0.978. The Hall–Kier alpha value is -1.61. The minimum atomic E-state index is 0.0886. The second-order valence-electron chi connectivity index (χ2n) is 4.58. The number of ketones is 1. The number of hydrogen-bond acceptors (Lipinski definition) is 2. The number of carbonyl (C=O) groups excluding carboxylic acids is 1. The lowest BCUT2D eigenvalue weighted by atomic mass is 10.1. The first-order chi connectivity index (χ1) is 9.06. The molecule has 2 aromatic carbocycles. The van der Waals surface area contributed by atoms with Gasteiger partial charge in [0.25, 0.3) is 0 Å². The second-order valence-corrected chi connectivity index (χ2v) is 5.50. The highest BCUT2D eigenvalue weighted by Gasteiger charge is 2.05. The van der Waals surface area contributed by atoms with Gasteiger partial charge in [0.1, 0.15) is 0 Å². The van der Waals surface area contributed by atoms with E-state index < -0.39 is 0 Å². The number of Topliss-reactive ketones (excluding diaryl/α,β-unsaturated/α-hetero) is 1. The van der Waals surface area contributed by atoms with Gasteiger partial charge in [-0.05, 0) is 49.2 Å². The van der Waals surface area contributed by atoms with Crippen LogP contribution in [0.5, 0.6) is 0 Å². The van der Waals surface area contributed by atoms with E-state index in [0.29, 0.717) is 6.54 Å². The Morgan fingerprint density at radius 3 is 2.37 bits per heavy atom. The summed E-state index contributed by atoms with van der Waals surface area (Å²) in [6.07, 6.45) is 0. The van der Waals surface area contributed by atoms with E-state index in [0.717, 1.165) is 15.7 Å². The third-order valence-corrected chi connectivity index (χ3v) is 3.65. The average molecular weight is 318 g/mol. The molecule has 2 rings (SSSR count). The van der Waals surface area contributed by atoms with Crippen LogP contribution in [0.2, 0.25) is 0 Å². The number of anilines is 1. The first-order valence-electron chi connectivity index (χ1n) is 6.16. The summed E-state index contributed by atoms with van der Waals surface area (Å²) >= 11 is 3.36. The fourth-order valence-corrected chi connectivity index (χ4v) is 2.04. The molecule has 3 heteroatoms. The zero-order chi connectivity index (χ0) is 13.8. The largest absolute Gasteiger partial charge is 0.378 e. The van der Waals surface area contributed by atoms with Crippen LogP contribution in [0.4, 0.5) is 5.69 Å². The summed E-state index contributed by atoms with van der Waals surface area (Å²) in [5.74, 6) is 0.0886. The quantitative estimate of drug-likeness (QED) is 0.849. The summed E-state index contributed by atoms with van der Waals surface area (Å²) in [7, 11) is 0. The molecule has 0 saturated heterocycles. The molecular weight excluding hydrogens is 302 g/mol. The molecule has 0 bridgehead atoms. The number of nitrogens with one attached hydrogen (secondary N) is 1. The van der Waals surface area contributed by atoms with Gasteiger partial charge in [-0.2, -0.15) is 0 Å². The maximum atomic E-state index is 12.0. The van der Waals surface area contributed by atoms with Crippen molar-refractivity contribution in [2.75, 3.05) is 11.9 Å². The zero-order valence-corrected chi connectivity index (χ0v) is 12.6. The zero-order valence-electron chi connectivity index (χ0n) is 11.0. The first kappa shape index (κ1) is 13.8. The van der Waals surface area contributed by atoms with E-state index in [9.17, 15) is 4.79 Å². The topological polar surface area (TPSA) is 29.1 Å². The Morgan fingerprint density at radius 2 is 1.74 bits per heavy atom. The van der Waals surface area contributed by atoms with Crippen molar-refractivity contribution in [2.45, 2.75) is 13.8 Å². The van der Waals surface area contributed by atoms with Crippen molar-refractivity contribution in [1.82, 2.24) is 0 Å². The Kier molecular flexibility index (Phi) is 4.38. The number of benzene rings is 2. The number of carbonyl (C=O) groups is 1. The van der Waals surface area contributed by atoms with Crippen LogP contribution in [0.1, 0.15) is 21.5 Å². The second kappa shape index (κ2) is 6.02. The molecule has 0 unspecified atom stereocenters. The van der Waals surface area contributed by atoms with Crippen LogP contribution in [0.25, 0.3) is 0 Å². The molecule has 0 fully saturated rings. The molecular formula is C16H16BrNO. The van der Waals surface area contributed by atoms with E-state index in [-0.39, 0.29) is 5.78 Å². The van der Waals surface area contributed by atoms with Gasteiger partial charge in [-0.1, -0.05) is 34.1 Å². The highest BCUT2D eigenvalue weighted by atomic mass is 79.9. The first-order valence-corrected chi connectivity index (χ1v) is 6.95. The van der Waals surface area contributed by atoms with E-state index >= 15 is 0 Å². The van der Waals surface area contributed by atoms with Crippen molar-refractivity contribution in [2.24, 2.45) is 0 Å². The van der Waals surface area contributed by atoms with Crippen molar-refractivity contribution >= 4 is 27.4 Å².